The Morgan fingerprint density at radius 3 is 3.06 bits per heavy atom. The third kappa shape index (κ3) is 2.90. The van der Waals surface area contributed by atoms with Gasteiger partial charge >= 0.3 is 0 Å². The second kappa shape index (κ2) is 5.69. The van der Waals surface area contributed by atoms with Crippen molar-refractivity contribution in [3.8, 4) is 0 Å². The number of H-pyrrole nitrogens is 1. The molecule has 4 N–H and O–H groups in total. The summed E-state index contributed by atoms with van der Waals surface area (Å²) in [5, 5.41) is 3.99. The molecule has 0 saturated heterocycles. The molecule has 0 fully saturated rings. The van der Waals surface area contributed by atoms with Crippen molar-refractivity contribution in [3.63, 3.8) is 0 Å². The highest BCUT2D eigenvalue weighted by atomic mass is 16.1. The number of aryl methyl sites for hydroxylation is 1. The van der Waals surface area contributed by atoms with Crippen LogP contribution in [0.3, 0.4) is 0 Å². The molecule has 1 aromatic carbocycles. The molecule has 0 radical (unpaired) electrons. The Bertz CT molecular complexity index is 545. The number of benzene rings is 1. The molecule has 1 aromatic heterocycles. The van der Waals surface area contributed by atoms with E-state index in [4.69, 9.17) is 5.73 Å². The predicted molar refractivity (Wildman–Crippen MR) is 73.4 cm³/mol. The molecule has 0 unspecified atom stereocenters. The largest absolute Gasteiger partial charge is 0.361 e. The minimum absolute atomic E-state index is 0.0462. The zero-order valence-corrected chi connectivity index (χ0v) is 10.6. The van der Waals surface area contributed by atoms with Gasteiger partial charge in [-0.3, -0.25) is 4.79 Å². The van der Waals surface area contributed by atoms with Gasteiger partial charge in [0.05, 0.1) is 6.42 Å². The van der Waals surface area contributed by atoms with Gasteiger partial charge in [-0.1, -0.05) is 12.1 Å². The number of aromatic amines is 1. The first-order valence-corrected chi connectivity index (χ1v) is 6.24. The fourth-order valence-corrected chi connectivity index (χ4v) is 2.01. The molecule has 0 aliphatic heterocycles. The lowest BCUT2D eigenvalue weighted by Gasteiger charge is -2.03. The van der Waals surface area contributed by atoms with Gasteiger partial charge in [-0.15, -0.1) is 0 Å². The number of rotatable bonds is 5. The van der Waals surface area contributed by atoms with Crippen molar-refractivity contribution in [2.45, 2.75) is 19.8 Å². The van der Waals surface area contributed by atoms with E-state index in [-0.39, 0.29) is 5.91 Å². The topological polar surface area (TPSA) is 70.9 Å². The number of carbonyl (C=O) groups excluding carboxylic acids is 1. The molecule has 18 heavy (non-hydrogen) atoms. The van der Waals surface area contributed by atoms with Gasteiger partial charge in [-0.2, -0.15) is 0 Å². The summed E-state index contributed by atoms with van der Waals surface area (Å²) < 4.78 is 0. The zero-order chi connectivity index (χ0) is 13.0. The van der Waals surface area contributed by atoms with Gasteiger partial charge in [-0.25, -0.2) is 0 Å². The van der Waals surface area contributed by atoms with Gasteiger partial charge < -0.3 is 16.0 Å². The molecular formula is C14H19N3O. The van der Waals surface area contributed by atoms with E-state index >= 15 is 0 Å². The summed E-state index contributed by atoms with van der Waals surface area (Å²) in [7, 11) is 0. The number of nitrogens with two attached hydrogens (primary N) is 1. The van der Waals surface area contributed by atoms with Gasteiger partial charge in [0.2, 0.25) is 5.91 Å². The summed E-state index contributed by atoms with van der Waals surface area (Å²) in [6.45, 7) is 3.31. The maximum atomic E-state index is 11.7. The summed E-state index contributed by atoms with van der Waals surface area (Å²) in [5.74, 6) is 0.0462. The van der Waals surface area contributed by atoms with Crippen LogP contribution < -0.4 is 11.1 Å². The van der Waals surface area contributed by atoms with Crippen LogP contribution in [0.25, 0.3) is 10.9 Å². The van der Waals surface area contributed by atoms with E-state index in [0.717, 1.165) is 22.9 Å². The maximum Gasteiger partial charge on any atom is 0.224 e. The first kappa shape index (κ1) is 12.6. The molecule has 1 heterocycles. The van der Waals surface area contributed by atoms with Crippen LogP contribution >= 0.6 is 0 Å². The first-order chi connectivity index (χ1) is 8.70. The summed E-state index contributed by atoms with van der Waals surface area (Å²) in [6, 6.07) is 6.21. The molecule has 0 saturated carbocycles. The lowest BCUT2D eigenvalue weighted by molar-refractivity contribution is -0.120. The fraction of sp³-hybridized carbons (Fsp3) is 0.357. The Labute approximate surface area is 107 Å². The predicted octanol–water partition coefficient (Wildman–Crippen LogP) is 1.48. The Morgan fingerprint density at radius 2 is 2.28 bits per heavy atom. The summed E-state index contributed by atoms with van der Waals surface area (Å²) in [4.78, 5) is 14.9. The molecule has 1 amide bonds. The van der Waals surface area contributed by atoms with Crippen LogP contribution in [0.15, 0.2) is 24.4 Å². The second-order valence-electron chi connectivity index (χ2n) is 4.53. The Hall–Kier alpha value is -1.81. The molecule has 0 spiro atoms. The number of hydrogen-bond donors (Lipinski definition) is 3. The lowest BCUT2D eigenvalue weighted by atomic mass is 10.1. The SMILES string of the molecule is Cc1ccc2c(CC(=O)NCCCN)c[nH]c2c1. The van der Waals surface area contributed by atoms with Crippen LogP contribution in [0.5, 0.6) is 0 Å². The van der Waals surface area contributed by atoms with Crippen molar-refractivity contribution in [2.24, 2.45) is 5.73 Å². The number of nitrogens with one attached hydrogen (secondary N) is 2. The van der Waals surface area contributed by atoms with E-state index in [1.165, 1.54) is 5.56 Å². The van der Waals surface area contributed by atoms with Gasteiger partial charge in [0.25, 0.3) is 0 Å². The number of fused-ring (bicyclic) bond motifs is 1. The quantitative estimate of drug-likeness (QED) is 0.698. The minimum atomic E-state index is 0.0462. The third-order valence-corrected chi connectivity index (χ3v) is 2.98. The highest BCUT2D eigenvalue weighted by Gasteiger charge is 2.08. The summed E-state index contributed by atoms with van der Waals surface area (Å²) >= 11 is 0. The summed E-state index contributed by atoms with van der Waals surface area (Å²) in [6.07, 6.45) is 3.14. The van der Waals surface area contributed by atoms with Gasteiger partial charge in [0, 0.05) is 23.6 Å². The molecule has 0 aliphatic rings. The van der Waals surface area contributed by atoms with Gasteiger partial charge in [0.1, 0.15) is 0 Å². The molecule has 0 aliphatic carbocycles. The van der Waals surface area contributed by atoms with Crippen molar-refractivity contribution < 1.29 is 4.79 Å². The Kier molecular flexibility index (Phi) is 3.99. The average molecular weight is 245 g/mol. The molecule has 2 aromatic rings. The molecule has 96 valence electrons. The van der Waals surface area contributed by atoms with Crippen LogP contribution in [0, 0.1) is 6.92 Å². The number of carbonyl (C=O) groups is 1. The standard InChI is InChI=1S/C14H19N3O/c1-10-3-4-12-11(9-17-13(12)7-10)8-14(18)16-6-2-5-15/h3-4,7,9,17H,2,5-6,8,15H2,1H3,(H,16,18). The van der Waals surface area contributed by atoms with E-state index in [0.29, 0.717) is 19.5 Å². The van der Waals surface area contributed by atoms with Gasteiger partial charge in [-0.05, 0) is 37.1 Å². The first-order valence-electron chi connectivity index (χ1n) is 6.24. The minimum Gasteiger partial charge on any atom is -0.361 e. The molecule has 4 heteroatoms. The smallest absolute Gasteiger partial charge is 0.224 e. The van der Waals surface area contributed by atoms with Crippen LogP contribution in [-0.2, 0) is 11.2 Å². The highest BCUT2D eigenvalue weighted by molar-refractivity contribution is 5.89. The molecule has 0 bridgehead atoms. The van der Waals surface area contributed by atoms with Crippen LogP contribution in [0.2, 0.25) is 0 Å². The highest BCUT2D eigenvalue weighted by Crippen LogP contribution is 2.19. The van der Waals surface area contributed by atoms with E-state index in [1.807, 2.05) is 6.20 Å². The van der Waals surface area contributed by atoms with Crippen molar-refractivity contribution in [3.05, 3.63) is 35.5 Å². The molecule has 2 rings (SSSR count). The summed E-state index contributed by atoms with van der Waals surface area (Å²) in [5.41, 5.74) is 8.71. The average Bonchev–Trinajstić information content (AvgIpc) is 2.72. The third-order valence-electron chi connectivity index (χ3n) is 2.98. The number of aromatic nitrogens is 1. The maximum absolute atomic E-state index is 11.7. The molecule has 4 nitrogen and oxygen atoms in total. The van der Waals surface area contributed by atoms with Crippen molar-refractivity contribution in [1.29, 1.82) is 0 Å². The Balaban J connectivity index is 2.05. The lowest BCUT2D eigenvalue weighted by Crippen LogP contribution is -2.27. The Morgan fingerprint density at radius 1 is 1.44 bits per heavy atom. The molecular weight excluding hydrogens is 226 g/mol. The molecule has 0 atom stereocenters. The number of hydrogen-bond acceptors (Lipinski definition) is 2. The van der Waals surface area contributed by atoms with Crippen LogP contribution in [-0.4, -0.2) is 24.0 Å². The van der Waals surface area contributed by atoms with Crippen LogP contribution in [0.4, 0.5) is 0 Å². The van der Waals surface area contributed by atoms with Crippen molar-refractivity contribution >= 4 is 16.8 Å². The fourth-order valence-electron chi connectivity index (χ4n) is 2.01. The zero-order valence-electron chi connectivity index (χ0n) is 10.6. The van der Waals surface area contributed by atoms with Crippen molar-refractivity contribution in [1.82, 2.24) is 10.3 Å². The number of amides is 1. The van der Waals surface area contributed by atoms with Gasteiger partial charge in [0.15, 0.2) is 0 Å². The van der Waals surface area contributed by atoms with E-state index in [2.05, 4.69) is 35.4 Å². The van der Waals surface area contributed by atoms with E-state index in [9.17, 15) is 4.79 Å². The second-order valence-corrected chi connectivity index (χ2v) is 4.53. The normalized spacial score (nSPS) is 10.8. The van der Waals surface area contributed by atoms with E-state index < -0.39 is 0 Å². The monoisotopic (exact) mass is 245 g/mol. The van der Waals surface area contributed by atoms with E-state index in [1.54, 1.807) is 0 Å². The van der Waals surface area contributed by atoms with Crippen molar-refractivity contribution in [2.75, 3.05) is 13.1 Å². The van der Waals surface area contributed by atoms with Crippen LogP contribution in [0.1, 0.15) is 17.5 Å².